The zero-order chi connectivity index (χ0) is 21.2. The van der Waals surface area contributed by atoms with Crippen LogP contribution in [-0.4, -0.2) is 43.2 Å². The Morgan fingerprint density at radius 3 is 2.45 bits per heavy atom. The Kier molecular flexibility index (Phi) is 6.21. The summed E-state index contributed by atoms with van der Waals surface area (Å²) in [6, 6.07) is 1.43. The fraction of sp³-hybridized carbons (Fsp3) is 0.619. The van der Waals surface area contributed by atoms with Crippen LogP contribution >= 0.6 is 0 Å². The van der Waals surface area contributed by atoms with Crippen molar-refractivity contribution in [1.29, 1.82) is 0 Å². The Labute approximate surface area is 170 Å². The maximum absolute atomic E-state index is 12.6. The van der Waals surface area contributed by atoms with Gasteiger partial charge >= 0.3 is 12.2 Å². The first kappa shape index (κ1) is 21.2. The summed E-state index contributed by atoms with van der Waals surface area (Å²) < 4.78 is 21.9. The number of rotatable bonds is 5. The predicted molar refractivity (Wildman–Crippen MR) is 104 cm³/mol. The number of ether oxygens (including phenoxy) is 4. The third-order valence-electron chi connectivity index (χ3n) is 5.58. The molecule has 1 heterocycles. The molecule has 0 aromatic heterocycles. The van der Waals surface area contributed by atoms with Gasteiger partial charge in [0.25, 0.3) is 0 Å². The Morgan fingerprint density at radius 1 is 1.21 bits per heavy atom. The summed E-state index contributed by atoms with van der Waals surface area (Å²) in [5.74, 6) is 1.08. The van der Waals surface area contributed by atoms with E-state index in [1.54, 1.807) is 13.8 Å². The molecule has 160 valence electrons. The van der Waals surface area contributed by atoms with Gasteiger partial charge in [-0.1, -0.05) is 0 Å². The molecular weight excluding hydrogens is 378 g/mol. The van der Waals surface area contributed by atoms with E-state index >= 15 is 0 Å². The van der Waals surface area contributed by atoms with Crippen molar-refractivity contribution >= 4 is 12.2 Å². The number of amides is 1. The second-order valence-electron chi connectivity index (χ2n) is 7.41. The Balaban J connectivity index is 2.06. The molecule has 1 fully saturated rings. The first-order chi connectivity index (χ1) is 13.9. The molecule has 8 heteroatoms. The molecule has 1 amide bonds. The van der Waals surface area contributed by atoms with E-state index in [9.17, 15) is 9.59 Å². The van der Waals surface area contributed by atoms with Crippen LogP contribution in [0.25, 0.3) is 0 Å². The van der Waals surface area contributed by atoms with Gasteiger partial charge in [0.05, 0.1) is 26.4 Å². The lowest BCUT2D eigenvalue weighted by Gasteiger charge is -2.49. The van der Waals surface area contributed by atoms with Crippen molar-refractivity contribution in [3.8, 4) is 11.5 Å². The minimum absolute atomic E-state index is 0.219. The lowest BCUT2D eigenvalue weighted by molar-refractivity contribution is -0.165. The Bertz CT molecular complexity index is 788. The molecule has 1 unspecified atom stereocenters. The summed E-state index contributed by atoms with van der Waals surface area (Å²) >= 11 is 0. The second kappa shape index (κ2) is 8.49. The molecule has 0 radical (unpaired) electrons. The van der Waals surface area contributed by atoms with Crippen LogP contribution < -0.4 is 9.47 Å². The van der Waals surface area contributed by atoms with Gasteiger partial charge in [0, 0.05) is 17.5 Å². The van der Waals surface area contributed by atoms with Crippen molar-refractivity contribution in [2.45, 2.75) is 65.0 Å². The molecule has 0 bridgehead atoms. The number of hydrogen-bond donors (Lipinski definition) is 0. The number of carbonyl (C=O) groups is 2. The van der Waals surface area contributed by atoms with Gasteiger partial charge in [-0.05, 0) is 58.6 Å². The van der Waals surface area contributed by atoms with Gasteiger partial charge in [0.1, 0.15) is 17.1 Å². The van der Waals surface area contributed by atoms with Crippen molar-refractivity contribution in [2.24, 2.45) is 0 Å². The van der Waals surface area contributed by atoms with Crippen molar-refractivity contribution in [2.75, 3.05) is 20.3 Å². The number of carbonyl (C=O) groups excluding carboxylic acids is 2. The summed E-state index contributed by atoms with van der Waals surface area (Å²) in [7, 11) is 1.44. The summed E-state index contributed by atoms with van der Waals surface area (Å²) in [6.45, 7) is 7.61. The van der Waals surface area contributed by atoms with Gasteiger partial charge in [0.15, 0.2) is 0 Å². The predicted octanol–water partition coefficient (Wildman–Crippen LogP) is 4.60. The highest BCUT2D eigenvalue weighted by atomic mass is 16.7. The van der Waals surface area contributed by atoms with Crippen LogP contribution in [0.3, 0.4) is 0 Å². The fourth-order valence-electron chi connectivity index (χ4n) is 4.15. The van der Waals surface area contributed by atoms with Crippen molar-refractivity contribution < 1.29 is 33.4 Å². The molecule has 2 aliphatic rings. The number of benzene rings is 1. The summed E-state index contributed by atoms with van der Waals surface area (Å²) in [4.78, 5) is 29.9. The number of nitrogens with zero attached hydrogens (tertiary/aromatic N) is 1. The number of hydrogen-bond acceptors (Lipinski definition) is 7. The molecule has 1 aromatic rings. The molecule has 8 nitrogen and oxygen atoms in total. The zero-order valence-corrected chi connectivity index (χ0v) is 17.7. The normalized spacial score (nSPS) is 18.9. The molecule has 3 rings (SSSR count). The van der Waals surface area contributed by atoms with Gasteiger partial charge in [-0.2, -0.15) is 5.06 Å². The van der Waals surface area contributed by atoms with Crippen LogP contribution in [0.5, 0.6) is 11.5 Å². The van der Waals surface area contributed by atoms with Gasteiger partial charge in [0.2, 0.25) is 0 Å². The van der Waals surface area contributed by atoms with E-state index < -0.39 is 18.3 Å². The number of hydroxylamine groups is 2. The van der Waals surface area contributed by atoms with Crippen LogP contribution in [0.1, 0.15) is 62.3 Å². The van der Waals surface area contributed by atoms with E-state index in [-0.39, 0.29) is 18.8 Å². The summed E-state index contributed by atoms with van der Waals surface area (Å²) in [6.07, 6.45) is 2.17. The van der Waals surface area contributed by atoms with Crippen LogP contribution in [0.15, 0.2) is 6.07 Å². The van der Waals surface area contributed by atoms with Crippen molar-refractivity contribution in [3.63, 3.8) is 0 Å². The standard InChI is InChI=1S/C21H29NO7/c1-6-26-19(23)22(25-5)15-12-21(9-8-10-21)29-16-11-13(3)18(14(4)17(15)16)28-20(24)27-7-2/h11,15H,6-10,12H2,1-5H3. The molecule has 1 saturated carbocycles. The maximum Gasteiger partial charge on any atom is 0.513 e. The van der Waals surface area contributed by atoms with Crippen LogP contribution in [0.2, 0.25) is 0 Å². The van der Waals surface area contributed by atoms with Gasteiger partial charge in [-0.25, -0.2) is 9.59 Å². The Morgan fingerprint density at radius 2 is 1.90 bits per heavy atom. The highest BCUT2D eigenvalue weighted by Gasteiger charge is 2.49. The quantitative estimate of drug-likeness (QED) is 0.400. The molecule has 0 N–H and O–H groups in total. The lowest BCUT2D eigenvalue weighted by Crippen LogP contribution is -2.51. The van der Waals surface area contributed by atoms with Crippen molar-refractivity contribution in [3.05, 3.63) is 22.8 Å². The van der Waals surface area contributed by atoms with E-state index in [1.807, 2.05) is 19.9 Å². The fourth-order valence-corrected chi connectivity index (χ4v) is 4.15. The van der Waals surface area contributed by atoms with E-state index in [1.165, 1.54) is 12.2 Å². The molecule has 1 atom stereocenters. The zero-order valence-electron chi connectivity index (χ0n) is 17.7. The average molecular weight is 407 g/mol. The highest BCUT2D eigenvalue weighted by molar-refractivity contribution is 5.70. The molecule has 1 spiro atoms. The van der Waals surface area contributed by atoms with E-state index in [0.29, 0.717) is 23.5 Å². The minimum Gasteiger partial charge on any atom is -0.487 e. The van der Waals surface area contributed by atoms with E-state index in [4.69, 9.17) is 23.8 Å². The van der Waals surface area contributed by atoms with Gasteiger partial charge in [-0.3, -0.25) is 4.84 Å². The number of fused-ring (bicyclic) bond motifs is 1. The van der Waals surface area contributed by atoms with Crippen LogP contribution in [-0.2, 0) is 14.3 Å². The second-order valence-corrected chi connectivity index (χ2v) is 7.41. The molecule has 1 aliphatic heterocycles. The van der Waals surface area contributed by atoms with Gasteiger partial charge < -0.3 is 18.9 Å². The largest absolute Gasteiger partial charge is 0.513 e. The van der Waals surface area contributed by atoms with Crippen LogP contribution in [0, 0.1) is 13.8 Å². The molecule has 1 aromatic carbocycles. The van der Waals surface area contributed by atoms with E-state index in [0.717, 1.165) is 30.4 Å². The van der Waals surface area contributed by atoms with Crippen LogP contribution in [0.4, 0.5) is 9.59 Å². The number of aryl methyl sites for hydroxylation is 1. The third kappa shape index (κ3) is 3.99. The maximum atomic E-state index is 12.6. The molecular formula is C21H29NO7. The first-order valence-electron chi connectivity index (χ1n) is 10.0. The smallest absolute Gasteiger partial charge is 0.487 e. The highest BCUT2D eigenvalue weighted by Crippen LogP contribution is 2.53. The molecule has 29 heavy (non-hydrogen) atoms. The third-order valence-corrected chi connectivity index (χ3v) is 5.58. The summed E-state index contributed by atoms with van der Waals surface area (Å²) in [5, 5.41) is 1.25. The minimum atomic E-state index is -0.767. The lowest BCUT2D eigenvalue weighted by atomic mass is 9.72. The van der Waals surface area contributed by atoms with Gasteiger partial charge in [-0.15, -0.1) is 0 Å². The average Bonchev–Trinajstić information content (AvgIpc) is 2.64. The SMILES string of the molecule is CCOC(=O)Oc1c(C)cc2c(c1C)C(N(OC)C(=O)OCC)CC1(CCC1)O2. The first-order valence-corrected chi connectivity index (χ1v) is 10.0. The molecule has 1 aliphatic carbocycles. The molecule has 0 saturated heterocycles. The summed E-state index contributed by atoms with van der Waals surface area (Å²) in [5.41, 5.74) is 1.90. The van der Waals surface area contributed by atoms with E-state index in [2.05, 4.69) is 0 Å². The topological polar surface area (TPSA) is 83.5 Å². The monoisotopic (exact) mass is 407 g/mol. The van der Waals surface area contributed by atoms with Crippen molar-refractivity contribution in [1.82, 2.24) is 5.06 Å². The Hall–Kier alpha value is -2.48.